The third kappa shape index (κ3) is 36.0. The Labute approximate surface area is 328 Å². The number of aliphatic hydroxyl groups is 4. The first-order valence-electron chi connectivity index (χ1n) is 22.9. The maximum Gasteiger partial charge on any atom is 0.249 e. The molecule has 0 radical (unpaired) electrons. The molecule has 0 saturated heterocycles. The van der Waals surface area contributed by atoms with Gasteiger partial charge in [0.2, 0.25) is 5.91 Å². The van der Waals surface area contributed by atoms with Gasteiger partial charge >= 0.3 is 0 Å². The van der Waals surface area contributed by atoms with Gasteiger partial charge in [-0.1, -0.05) is 198 Å². The highest BCUT2D eigenvalue weighted by atomic mass is 16.3. The molecule has 0 aromatic carbocycles. The van der Waals surface area contributed by atoms with Crippen LogP contribution in [0.15, 0.2) is 36.5 Å². The molecule has 4 unspecified atom stereocenters. The highest BCUT2D eigenvalue weighted by molar-refractivity contribution is 5.80. The maximum absolute atomic E-state index is 12.5. The Morgan fingerprint density at radius 1 is 0.453 bits per heavy atom. The number of amides is 1. The van der Waals surface area contributed by atoms with Gasteiger partial charge in [-0.2, -0.15) is 0 Å². The number of aliphatic hydroxyl groups excluding tert-OH is 4. The standard InChI is InChI=1S/C47H89NO5/c1-3-5-7-9-11-13-15-17-19-20-21-22-23-24-25-27-28-30-32-34-36-38-40-44(50)46(52)43(42-49)48-47(53)45(51)41-39-37-35-33-31-29-26-18-16-14-12-10-8-6-4-2/h21-22,25,27,32,34,43-46,49-52H,3-20,23-24,26,28-31,33,35-42H2,1-2H3,(H,48,53)/b22-21+,27-25+,34-32+. The first kappa shape index (κ1) is 51.5. The van der Waals surface area contributed by atoms with Crippen LogP contribution in [0.5, 0.6) is 0 Å². The van der Waals surface area contributed by atoms with Crippen molar-refractivity contribution in [1.29, 1.82) is 0 Å². The average Bonchev–Trinajstić information content (AvgIpc) is 3.16. The zero-order valence-corrected chi connectivity index (χ0v) is 35.0. The second-order valence-corrected chi connectivity index (χ2v) is 15.7. The Balaban J connectivity index is 3.81. The van der Waals surface area contributed by atoms with E-state index in [0.717, 1.165) is 51.4 Å². The summed E-state index contributed by atoms with van der Waals surface area (Å²) >= 11 is 0. The van der Waals surface area contributed by atoms with Crippen LogP contribution in [0.4, 0.5) is 0 Å². The molecule has 4 atom stereocenters. The fourth-order valence-corrected chi connectivity index (χ4v) is 6.91. The molecule has 0 heterocycles. The van der Waals surface area contributed by atoms with Gasteiger partial charge in [-0.3, -0.25) is 4.79 Å². The third-order valence-electron chi connectivity index (χ3n) is 10.6. The van der Waals surface area contributed by atoms with Gasteiger partial charge in [-0.05, 0) is 64.2 Å². The molecule has 0 aliphatic rings. The van der Waals surface area contributed by atoms with Gasteiger partial charge in [-0.15, -0.1) is 0 Å². The molecule has 1 amide bonds. The van der Waals surface area contributed by atoms with Crippen molar-refractivity contribution in [3.8, 4) is 0 Å². The summed E-state index contributed by atoms with van der Waals surface area (Å²) in [5.74, 6) is -0.599. The summed E-state index contributed by atoms with van der Waals surface area (Å²) in [6, 6.07) is -1.01. The van der Waals surface area contributed by atoms with Crippen molar-refractivity contribution >= 4 is 5.91 Å². The lowest BCUT2D eigenvalue weighted by Gasteiger charge is -2.27. The normalized spacial score (nSPS) is 14.5. The van der Waals surface area contributed by atoms with E-state index in [2.05, 4.69) is 55.6 Å². The molecule has 312 valence electrons. The molecule has 53 heavy (non-hydrogen) atoms. The topological polar surface area (TPSA) is 110 Å². The van der Waals surface area contributed by atoms with Crippen molar-refractivity contribution in [2.75, 3.05) is 6.61 Å². The van der Waals surface area contributed by atoms with Gasteiger partial charge in [-0.25, -0.2) is 0 Å². The van der Waals surface area contributed by atoms with E-state index in [1.54, 1.807) is 0 Å². The summed E-state index contributed by atoms with van der Waals surface area (Å²) in [6.07, 6.45) is 48.9. The summed E-state index contributed by atoms with van der Waals surface area (Å²) in [4.78, 5) is 12.5. The molecule has 6 heteroatoms. The smallest absolute Gasteiger partial charge is 0.249 e. The van der Waals surface area contributed by atoms with Crippen molar-refractivity contribution in [1.82, 2.24) is 5.32 Å². The molecule has 0 bridgehead atoms. The fraction of sp³-hybridized carbons (Fsp3) is 0.851. The Hall–Kier alpha value is -1.47. The average molecular weight is 748 g/mol. The Morgan fingerprint density at radius 2 is 0.792 bits per heavy atom. The van der Waals surface area contributed by atoms with Crippen molar-refractivity contribution in [2.45, 2.75) is 250 Å². The molecule has 0 aromatic rings. The Bertz CT molecular complexity index is 843. The van der Waals surface area contributed by atoms with E-state index in [0.29, 0.717) is 19.3 Å². The van der Waals surface area contributed by atoms with E-state index in [1.807, 2.05) is 0 Å². The first-order chi connectivity index (χ1) is 26.0. The fourth-order valence-electron chi connectivity index (χ4n) is 6.91. The quantitative estimate of drug-likeness (QED) is 0.0316. The zero-order valence-electron chi connectivity index (χ0n) is 35.0. The number of carbonyl (C=O) groups excluding carboxylic acids is 1. The van der Waals surface area contributed by atoms with Gasteiger partial charge in [0.25, 0.3) is 0 Å². The molecule has 0 rings (SSSR count). The highest BCUT2D eigenvalue weighted by Gasteiger charge is 2.28. The predicted molar refractivity (Wildman–Crippen MR) is 228 cm³/mol. The summed E-state index contributed by atoms with van der Waals surface area (Å²) < 4.78 is 0. The summed E-state index contributed by atoms with van der Waals surface area (Å²) in [5.41, 5.74) is 0. The Morgan fingerprint density at radius 3 is 1.19 bits per heavy atom. The molecule has 0 fully saturated rings. The predicted octanol–water partition coefficient (Wildman–Crippen LogP) is 12.1. The van der Waals surface area contributed by atoms with Gasteiger partial charge in [0, 0.05) is 0 Å². The van der Waals surface area contributed by atoms with Crippen molar-refractivity contribution in [3.63, 3.8) is 0 Å². The van der Waals surface area contributed by atoms with E-state index >= 15 is 0 Å². The van der Waals surface area contributed by atoms with Crippen molar-refractivity contribution < 1.29 is 25.2 Å². The third-order valence-corrected chi connectivity index (χ3v) is 10.6. The number of allylic oxidation sites excluding steroid dienone is 6. The van der Waals surface area contributed by atoms with Crippen molar-refractivity contribution in [3.05, 3.63) is 36.5 Å². The van der Waals surface area contributed by atoms with Crippen LogP contribution >= 0.6 is 0 Å². The van der Waals surface area contributed by atoms with E-state index < -0.39 is 36.9 Å². The van der Waals surface area contributed by atoms with E-state index in [9.17, 15) is 25.2 Å². The molecule has 0 aliphatic carbocycles. The van der Waals surface area contributed by atoms with Crippen LogP contribution in [0, 0.1) is 0 Å². The van der Waals surface area contributed by atoms with Crippen LogP contribution in [-0.2, 0) is 4.79 Å². The van der Waals surface area contributed by atoms with Gasteiger partial charge in [0.05, 0.1) is 18.8 Å². The van der Waals surface area contributed by atoms with Gasteiger partial charge in [0.1, 0.15) is 12.2 Å². The lowest BCUT2D eigenvalue weighted by atomic mass is 10.00. The lowest BCUT2D eigenvalue weighted by molar-refractivity contribution is -0.132. The molecular formula is C47H89NO5. The SMILES string of the molecule is CCCCCCCCCCC/C=C/CC/C=C/CC/C=C/CCCC(O)C(O)C(CO)NC(=O)C(O)CCCCCCCCCCCCCCCCC. The van der Waals surface area contributed by atoms with Crippen LogP contribution in [-0.4, -0.2) is 57.3 Å². The molecule has 5 N–H and O–H groups in total. The van der Waals surface area contributed by atoms with Crippen LogP contribution in [0.25, 0.3) is 0 Å². The van der Waals surface area contributed by atoms with E-state index in [1.165, 1.54) is 141 Å². The molecule has 6 nitrogen and oxygen atoms in total. The minimum atomic E-state index is -1.29. The number of carbonyl (C=O) groups is 1. The molecule has 0 aliphatic heterocycles. The Kier molecular flexibility index (Phi) is 40.5. The lowest BCUT2D eigenvalue weighted by Crippen LogP contribution is -2.53. The van der Waals surface area contributed by atoms with Gasteiger partial charge in [0.15, 0.2) is 0 Å². The monoisotopic (exact) mass is 748 g/mol. The van der Waals surface area contributed by atoms with Crippen molar-refractivity contribution in [2.24, 2.45) is 0 Å². The second-order valence-electron chi connectivity index (χ2n) is 15.7. The maximum atomic E-state index is 12.5. The highest BCUT2D eigenvalue weighted by Crippen LogP contribution is 2.15. The zero-order chi connectivity index (χ0) is 38.9. The molecule has 0 saturated carbocycles. The minimum Gasteiger partial charge on any atom is -0.394 e. The number of hydrogen-bond acceptors (Lipinski definition) is 5. The van der Waals surface area contributed by atoms with Crippen LogP contribution in [0.3, 0.4) is 0 Å². The molecular weight excluding hydrogens is 659 g/mol. The van der Waals surface area contributed by atoms with E-state index in [4.69, 9.17) is 0 Å². The summed E-state index contributed by atoms with van der Waals surface area (Å²) in [7, 11) is 0. The number of unbranched alkanes of at least 4 members (excludes halogenated alkanes) is 26. The number of hydrogen-bond donors (Lipinski definition) is 5. The molecule has 0 spiro atoms. The molecule has 0 aromatic heterocycles. The number of rotatable bonds is 41. The van der Waals surface area contributed by atoms with Crippen LogP contribution in [0.1, 0.15) is 226 Å². The number of nitrogens with one attached hydrogen (secondary N) is 1. The van der Waals surface area contributed by atoms with Crippen LogP contribution < -0.4 is 5.32 Å². The van der Waals surface area contributed by atoms with Crippen LogP contribution in [0.2, 0.25) is 0 Å². The second kappa shape index (κ2) is 41.7. The minimum absolute atomic E-state index is 0.361. The summed E-state index contributed by atoms with van der Waals surface area (Å²) in [6.45, 7) is 4.03. The van der Waals surface area contributed by atoms with Gasteiger partial charge < -0.3 is 25.7 Å². The van der Waals surface area contributed by atoms with E-state index in [-0.39, 0.29) is 0 Å². The first-order valence-corrected chi connectivity index (χ1v) is 22.9. The largest absolute Gasteiger partial charge is 0.394 e. The summed E-state index contributed by atoms with van der Waals surface area (Å²) in [5, 5.41) is 43.7.